The third-order valence-electron chi connectivity index (χ3n) is 5.85. The molecule has 2 N–H and O–H groups in total. The lowest BCUT2D eigenvalue weighted by atomic mass is 9.63. The van der Waals surface area contributed by atoms with Gasteiger partial charge in [-0.15, -0.1) is 0 Å². The number of nitrogens with one attached hydrogen (secondary N) is 1. The molecule has 5 fully saturated rings. The summed E-state index contributed by atoms with van der Waals surface area (Å²) in [5.41, 5.74) is -0.0443. The second-order valence-electron chi connectivity index (χ2n) is 7.09. The zero-order valence-electron chi connectivity index (χ0n) is 11.6. The third kappa shape index (κ3) is 1.54. The van der Waals surface area contributed by atoms with Crippen molar-refractivity contribution in [3.63, 3.8) is 0 Å². The number of carboxylic acids is 1. The first-order valence-corrected chi connectivity index (χ1v) is 7.55. The van der Waals surface area contributed by atoms with Crippen LogP contribution in [0.3, 0.4) is 0 Å². The number of nitrogens with zero attached hydrogens (tertiary/aromatic N) is 2. The minimum Gasteiger partial charge on any atom is -0.481 e. The molecule has 1 unspecified atom stereocenters. The summed E-state index contributed by atoms with van der Waals surface area (Å²) >= 11 is 0. The van der Waals surface area contributed by atoms with Crippen LogP contribution < -0.4 is 5.32 Å². The summed E-state index contributed by atoms with van der Waals surface area (Å²) in [7, 11) is 0. The van der Waals surface area contributed by atoms with Crippen LogP contribution >= 0.6 is 0 Å². The van der Waals surface area contributed by atoms with Gasteiger partial charge in [-0.1, -0.05) is 0 Å². The van der Waals surface area contributed by atoms with E-state index in [2.05, 4.69) is 10.2 Å². The highest BCUT2D eigenvalue weighted by atomic mass is 16.4. The van der Waals surface area contributed by atoms with Crippen LogP contribution in [0.25, 0.3) is 0 Å². The minimum absolute atomic E-state index is 0.0204. The molecule has 3 aliphatic carbocycles. The first kappa shape index (κ1) is 12.4. The molecule has 20 heavy (non-hydrogen) atoms. The van der Waals surface area contributed by atoms with E-state index in [4.69, 9.17) is 5.11 Å². The topological polar surface area (TPSA) is 72.9 Å². The van der Waals surface area contributed by atoms with Crippen LogP contribution in [0.1, 0.15) is 32.1 Å². The van der Waals surface area contributed by atoms with Crippen molar-refractivity contribution in [2.75, 3.05) is 26.2 Å². The number of aliphatic carboxylic acids is 1. The number of hydrogen-bond donors (Lipinski definition) is 2. The first-order valence-electron chi connectivity index (χ1n) is 7.55. The van der Waals surface area contributed by atoms with Gasteiger partial charge in [-0.25, -0.2) is 4.79 Å². The Morgan fingerprint density at radius 1 is 1.40 bits per heavy atom. The summed E-state index contributed by atoms with van der Waals surface area (Å²) < 4.78 is 0. The molecule has 2 bridgehead atoms. The Morgan fingerprint density at radius 3 is 2.90 bits per heavy atom. The van der Waals surface area contributed by atoms with Gasteiger partial charge in [0.2, 0.25) is 0 Å². The van der Waals surface area contributed by atoms with Crippen molar-refractivity contribution < 1.29 is 14.7 Å². The maximum Gasteiger partial charge on any atom is 0.320 e. The molecule has 6 nitrogen and oxygen atoms in total. The van der Waals surface area contributed by atoms with Crippen LogP contribution in [0.15, 0.2) is 0 Å². The van der Waals surface area contributed by atoms with Gasteiger partial charge in [-0.2, -0.15) is 0 Å². The largest absolute Gasteiger partial charge is 0.481 e. The number of hydrogen-bond acceptors (Lipinski definition) is 3. The SMILES string of the molecule is O=C(O)CC12CCC(N3CC4CNCCN4C3=O)(C1)C2. The number of carbonyl (C=O) groups excluding carboxylic acids is 1. The van der Waals surface area contributed by atoms with Gasteiger partial charge in [-0.3, -0.25) is 4.79 Å². The average molecular weight is 279 g/mol. The van der Waals surface area contributed by atoms with Gasteiger partial charge in [0, 0.05) is 31.7 Å². The van der Waals surface area contributed by atoms with Gasteiger partial charge in [0.05, 0.1) is 12.5 Å². The van der Waals surface area contributed by atoms with E-state index in [1.165, 1.54) is 0 Å². The molecule has 110 valence electrons. The number of carbonyl (C=O) groups is 2. The molecule has 1 atom stereocenters. The molecule has 0 aromatic carbocycles. The maximum absolute atomic E-state index is 12.6. The van der Waals surface area contributed by atoms with E-state index in [0.717, 1.165) is 51.9 Å². The Labute approximate surface area is 118 Å². The fraction of sp³-hybridized carbons (Fsp3) is 0.857. The van der Waals surface area contributed by atoms with Crippen molar-refractivity contribution in [2.24, 2.45) is 5.41 Å². The van der Waals surface area contributed by atoms with Crippen LogP contribution in [-0.4, -0.2) is 64.7 Å². The summed E-state index contributed by atoms with van der Waals surface area (Å²) in [6.45, 7) is 3.38. The second-order valence-corrected chi connectivity index (χ2v) is 7.09. The minimum atomic E-state index is -0.699. The molecular weight excluding hydrogens is 258 g/mol. The van der Waals surface area contributed by atoms with Crippen LogP contribution in [0.5, 0.6) is 0 Å². The van der Waals surface area contributed by atoms with Gasteiger partial charge in [-0.05, 0) is 31.1 Å². The van der Waals surface area contributed by atoms with E-state index in [0.29, 0.717) is 6.04 Å². The zero-order chi connectivity index (χ0) is 14.0. The van der Waals surface area contributed by atoms with E-state index in [1.54, 1.807) is 0 Å². The maximum atomic E-state index is 12.6. The summed E-state index contributed by atoms with van der Waals surface area (Å²) in [5, 5.41) is 12.4. The van der Waals surface area contributed by atoms with Gasteiger partial charge in [0.25, 0.3) is 0 Å². The quantitative estimate of drug-likeness (QED) is 0.788. The highest BCUT2D eigenvalue weighted by Gasteiger charge is 2.66. The zero-order valence-corrected chi connectivity index (χ0v) is 11.6. The lowest BCUT2D eigenvalue weighted by Gasteiger charge is -2.51. The van der Waals surface area contributed by atoms with Crippen molar-refractivity contribution in [2.45, 2.75) is 43.7 Å². The van der Waals surface area contributed by atoms with E-state index < -0.39 is 5.97 Å². The van der Waals surface area contributed by atoms with Gasteiger partial charge < -0.3 is 20.2 Å². The highest BCUT2D eigenvalue weighted by molar-refractivity contribution is 5.79. The number of urea groups is 1. The molecule has 2 amide bonds. The first-order chi connectivity index (χ1) is 9.54. The van der Waals surface area contributed by atoms with Crippen molar-refractivity contribution in [3.05, 3.63) is 0 Å². The number of rotatable bonds is 3. The molecule has 5 rings (SSSR count). The Hall–Kier alpha value is -1.30. The van der Waals surface area contributed by atoms with Crippen LogP contribution in [0, 0.1) is 5.41 Å². The molecule has 0 aromatic rings. The van der Waals surface area contributed by atoms with Gasteiger partial charge >= 0.3 is 12.0 Å². The van der Waals surface area contributed by atoms with E-state index in [-0.39, 0.29) is 23.4 Å². The van der Waals surface area contributed by atoms with Crippen molar-refractivity contribution >= 4 is 12.0 Å². The number of amides is 2. The molecule has 2 saturated heterocycles. The Balaban J connectivity index is 1.50. The van der Waals surface area contributed by atoms with Gasteiger partial charge in [0.15, 0.2) is 0 Å². The fourth-order valence-electron chi connectivity index (χ4n) is 5.07. The molecule has 2 heterocycles. The summed E-state index contributed by atoms with van der Waals surface area (Å²) in [4.78, 5) is 27.6. The molecule has 6 heteroatoms. The van der Waals surface area contributed by atoms with Crippen LogP contribution in [-0.2, 0) is 4.79 Å². The fourth-order valence-corrected chi connectivity index (χ4v) is 5.07. The molecule has 3 saturated carbocycles. The summed E-state index contributed by atoms with van der Waals surface area (Å²) in [6.07, 6.45) is 4.01. The van der Waals surface area contributed by atoms with E-state index >= 15 is 0 Å². The highest BCUT2D eigenvalue weighted by Crippen LogP contribution is 2.66. The Kier molecular flexibility index (Phi) is 2.41. The summed E-state index contributed by atoms with van der Waals surface area (Å²) in [5.74, 6) is -0.699. The predicted octanol–water partition coefficient (Wildman–Crippen LogP) is 0.483. The number of carboxylic acid groups (broad SMARTS) is 1. The van der Waals surface area contributed by atoms with Crippen molar-refractivity contribution in [1.82, 2.24) is 15.1 Å². The van der Waals surface area contributed by atoms with Crippen molar-refractivity contribution in [3.8, 4) is 0 Å². The Bertz CT molecular complexity index is 472. The second kappa shape index (κ2) is 3.87. The smallest absolute Gasteiger partial charge is 0.320 e. The lowest BCUT2D eigenvalue weighted by Crippen LogP contribution is -2.57. The molecule has 2 aliphatic heterocycles. The lowest BCUT2D eigenvalue weighted by molar-refractivity contribution is -0.142. The van der Waals surface area contributed by atoms with Crippen molar-refractivity contribution in [1.29, 1.82) is 0 Å². The predicted molar refractivity (Wildman–Crippen MR) is 71.4 cm³/mol. The van der Waals surface area contributed by atoms with E-state index in [9.17, 15) is 9.59 Å². The molecule has 5 aliphatic rings. The third-order valence-corrected chi connectivity index (χ3v) is 5.85. The normalized spacial score (nSPS) is 42.6. The average Bonchev–Trinajstić information content (AvgIpc) is 2.99. The summed E-state index contributed by atoms with van der Waals surface area (Å²) in [6, 6.07) is 0.489. The molecular formula is C14H21N3O3. The number of piperazine rings is 1. The van der Waals surface area contributed by atoms with E-state index in [1.807, 2.05) is 4.90 Å². The monoisotopic (exact) mass is 279 g/mol. The van der Waals surface area contributed by atoms with Gasteiger partial charge in [0.1, 0.15) is 0 Å². The van der Waals surface area contributed by atoms with Crippen LogP contribution in [0.4, 0.5) is 4.79 Å². The standard InChI is InChI=1S/C14H21N3O3/c18-11(19)5-13-1-2-14(8-13,9-13)17-7-10-6-15-3-4-16(10)12(17)20/h10,15H,1-9H2,(H,18,19). The molecule has 0 aromatic heterocycles. The molecule has 0 radical (unpaired) electrons. The number of fused-ring (bicyclic) bond motifs is 2. The van der Waals surface area contributed by atoms with Crippen LogP contribution in [0.2, 0.25) is 0 Å². The molecule has 0 spiro atoms. The Morgan fingerprint density at radius 2 is 2.20 bits per heavy atom.